The summed E-state index contributed by atoms with van der Waals surface area (Å²) in [6, 6.07) is 6.43. The second kappa shape index (κ2) is 14.7. The molecule has 0 atom stereocenters. The fraction of sp³-hybridized carbons (Fsp3) is 0.588. The Labute approximate surface area is 174 Å². The monoisotopic (exact) mass is 505 g/mol. The Balaban J connectivity index is 0.00000676. The molecule has 0 amide bonds. The van der Waals surface area contributed by atoms with E-state index < -0.39 is 12.8 Å². The summed E-state index contributed by atoms with van der Waals surface area (Å²) in [7, 11) is 3.29. The second-order valence-electron chi connectivity index (χ2n) is 5.36. The molecule has 0 saturated heterocycles. The van der Waals surface area contributed by atoms with E-state index in [1.165, 1.54) is 12.1 Å². The van der Waals surface area contributed by atoms with E-state index in [1.54, 1.807) is 26.3 Å². The number of nitrogens with one attached hydrogen (secondary N) is 2. The van der Waals surface area contributed by atoms with Gasteiger partial charge in [-0.15, -0.1) is 24.0 Å². The number of hydrogen-bond acceptors (Lipinski definition) is 4. The summed E-state index contributed by atoms with van der Waals surface area (Å²) >= 11 is 0. The zero-order valence-electron chi connectivity index (χ0n) is 15.5. The van der Waals surface area contributed by atoms with Crippen LogP contribution in [0.2, 0.25) is 0 Å². The van der Waals surface area contributed by atoms with Gasteiger partial charge in [-0.25, -0.2) is 0 Å². The van der Waals surface area contributed by atoms with Crippen molar-refractivity contribution in [2.45, 2.75) is 19.1 Å². The van der Waals surface area contributed by atoms with Crippen LogP contribution < -0.4 is 15.4 Å². The van der Waals surface area contributed by atoms with Gasteiger partial charge in [-0.05, 0) is 24.1 Å². The largest absolute Gasteiger partial charge is 0.484 e. The van der Waals surface area contributed by atoms with Crippen LogP contribution in [0.25, 0.3) is 0 Å². The lowest BCUT2D eigenvalue weighted by molar-refractivity contribution is -0.153. The number of rotatable bonds is 11. The lowest BCUT2D eigenvalue weighted by atomic mass is 10.2. The van der Waals surface area contributed by atoms with Crippen LogP contribution in [0.3, 0.4) is 0 Å². The van der Waals surface area contributed by atoms with Crippen LogP contribution in [0, 0.1) is 0 Å². The molecule has 6 nitrogen and oxygen atoms in total. The first-order valence-electron chi connectivity index (χ1n) is 8.24. The SMILES string of the molecule is CN=C(NCCCOCCOC)NCc1ccc(OCC(F)(F)F)cc1.I. The Morgan fingerprint density at radius 1 is 1.07 bits per heavy atom. The molecule has 0 saturated carbocycles. The van der Waals surface area contributed by atoms with Crippen molar-refractivity contribution >= 4 is 29.9 Å². The smallest absolute Gasteiger partial charge is 0.422 e. The van der Waals surface area contributed by atoms with Gasteiger partial charge in [-0.1, -0.05) is 12.1 Å². The van der Waals surface area contributed by atoms with Crippen LogP contribution in [-0.2, 0) is 16.0 Å². The maximum Gasteiger partial charge on any atom is 0.422 e. The molecule has 0 heterocycles. The molecule has 0 radical (unpaired) electrons. The molecular formula is C17H27F3IN3O3. The standard InChI is InChI=1S/C17H26F3N3O3.HI/c1-21-16(22-8-3-9-25-11-10-24-2)23-12-14-4-6-15(7-5-14)26-13-17(18,19)20;/h4-7H,3,8-13H2,1-2H3,(H2,21,22,23);1H. The van der Waals surface area contributed by atoms with E-state index >= 15 is 0 Å². The third-order valence-electron chi connectivity index (χ3n) is 3.20. The summed E-state index contributed by atoms with van der Waals surface area (Å²) in [6.45, 7) is 1.69. The Hall–Kier alpha value is -1.27. The predicted molar refractivity (Wildman–Crippen MR) is 109 cm³/mol. The molecule has 0 aliphatic heterocycles. The van der Waals surface area contributed by atoms with Crippen molar-refractivity contribution in [3.05, 3.63) is 29.8 Å². The van der Waals surface area contributed by atoms with Crippen molar-refractivity contribution in [2.75, 3.05) is 47.1 Å². The van der Waals surface area contributed by atoms with Gasteiger partial charge in [0.15, 0.2) is 12.6 Å². The fourth-order valence-corrected chi connectivity index (χ4v) is 1.90. The van der Waals surface area contributed by atoms with E-state index in [-0.39, 0.29) is 29.7 Å². The Kier molecular flexibility index (Phi) is 14.1. The average molecular weight is 505 g/mol. The molecule has 10 heteroatoms. The van der Waals surface area contributed by atoms with Gasteiger partial charge in [0.2, 0.25) is 0 Å². The van der Waals surface area contributed by atoms with Gasteiger partial charge in [-0.2, -0.15) is 13.2 Å². The second-order valence-corrected chi connectivity index (χ2v) is 5.36. The fourth-order valence-electron chi connectivity index (χ4n) is 1.90. The minimum atomic E-state index is -4.34. The number of halogens is 4. The first-order valence-corrected chi connectivity index (χ1v) is 8.24. The Morgan fingerprint density at radius 3 is 2.37 bits per heavy atom. The molecular weight excluding hydrogens is 478 g/mol. The zero-order valence-corrected chi connectivity index (χ0v) is 17.8. The molecule has 1 aromatic carbocycles. The van der Waals surface area contributed by atoms with Crippen molar-refractivity contribution in [1.82, 2.24) is 10.6 Å². The number of benzene rings is 1. The van der Waals surface area contributed by atoms with Crippen LogP contribution in [-0.4, -0.2) is 59.3 Å². The first kappa shape index (κ1) is 25.7. The lowest BCUT2D eigenvalue weighted by Crippen LogP contribution is -2.37. The van der Waals surface area contributed by atoms with Crippen molar-refractivity contribution in [3.63, 3.8) is 0 Å². The van der Waals surface area contributed by atoms with E-state index in [4.69, 9.17) is 9.47 Å². The van der Waals surface area contributed by atoms with E-state index in [2.05, 4.69) is 20.4 Å². The molecule has 0 bridgehead atoms. The van der Waals surface area contributed by atoms with E-state index in [0.717, 1.165) is 12.0 Å². The van der Waals surface area contributed by atoms with Crippen LogP contribution >= 0.6 is 24.0 Å². The van der Waals surface area contributed by atoms with Gasteiger partial charge in [0.1, 0.15) is 5.75 Å². The summed E-state index contributed by atoms with van der Waals surface area (Å²) in [4.78, 5) is 4.11. The normalized spacial score (nSPS) is 11.7. The minimum absolute atomic E-state index is 0. The van der Waals surface area contributed by atoms with E-state index in [1.807, 2.05) is 0 Å². The van der Waals surface area contributed by atoms with Crippen LogP contribution in [0.4, 0.5) is 13.2 Å². The lowest BCUT2D eigenvalue weighted by Gasteiger charge is -2.13. The molecule has 27 heavy (non-hydrogen) atoms. The highest BCUT2D eigenvalue weighted by Crippen LogP contribution is 2.18. The third kappa shape index (κ3) is 13.5. The number of ether oxygens (including phenoxy) is 3. The predicted octanol–water partition coefficient (Wildman–Crippen LogP) is 2.96. The minimum Gasteiger partial charge on any atom is -0.484 e. The van der Waals surface area contributed by atoms with E-state index in [0.29, 0.717) is 38.9 Å². The molecule has 156 valence electrons. The summed E-state index contributed by atoms with van der Waals surface area (Å²) in [5.41, 5.74) is 0.898. The van der Waals surface area contributed by atoms with Crippen molar-refractivity contribution in [3.8, 4) is 5.75 Å². The molecule has 0 aromatic heterocycles. The topological polar surface area (TPSA) is 64.1 Å². The number of guanidine groups is 1. The van der Waals surface area contributed by atoms with Crippen molar-refractivity contribution in [2.24, 2.45) is 4.99 Å². The van der Waals surface area contributed by atoms with Crippen LogP contribution in [0.1, 0.15) is 12.0 Å². The van der Waals surface area contributed by atoms with Gasteiger partial charge in [0.05, 0.1) is 13.2 Å². The van der Waals surface area contributed by atoms with Gasteiger partial charge in [-0.3, -0.25) is 4.99 Å². The van der Waals surface area contributed by atoms with E-state index in [9.17, 15) is 13.2 Å². The van der Waals surface area contributed by atoms with Gasteiger partial charge < -0.3 is 24.8 Å². The average Bonchev–Trinajstić information content (AvgIpc) is 2.62. The van der Waals surface area contributed by atoms with Crippen molar-refractivity contribution < 1.29 is 27.4 Å². The number of aliphatic imine (C=N–C) groups is 1. The Morgan fingerprint density at radius 2 is 1.78 bits per heavy atom. The highest BCUT2D eigenvalue weighted by Gasteiger charge is 2.28. The number of hydrogen-bond donors (Lipinski definition) is 2. The molecule has 0 unspecified atom stereocenters. The zero-order chi connectivity index (χ0) is 19.3. The molecule has 0 fully saturated rings. The van der Waals surface area contributed by atoms with Gasteiger partial charge >= 0.3 is 6.18 Å². The molecule has 1 aromatic rings. The summed E-state index contributed by atoms with van der Waals surface area (Å²) in [6.07, 6.45) is -3.51. The number of alkyl halides is 3. The summed E-state index contributed by atoms with van der Waals surface area (Å²) in [5.74, 6) is 0.821. The molecule has 2 N–H and O–H groups in total. The summed E-state index contributed by atoms with van der Waals surface area (Å²) in [5, 5.41) is 6.29. The highest BCUT2D eigenvalue weighted by molar-refractivity contribution is 14.0. The van der Waals surface area contributed by atoms with Crippen LogP contribution in [0.15, 0.2) is 29.3 Å². The maximum absolute atomic E-state index is 12.1. The molecule has 0 aliphatic carbocycles. The molecule has 1 rings (SSSR count). The quantitative estimate of drug-likeness (QED) is 0.210. The van der Waals surface area contributed by atoms with Gasteiger partial charge in [0, 0.05) is 33.9 Å². The van der Waals surface area contributed by atoms with Crippen molar-refractivity contribution in [1.29, 1.82) is 0 Å². The first-order chi connectivity index (χ1) is 12.4. The Bertz CT molecular complexity index is 528. The highest BCUT2D eigenvalue weighted by atomic mass is 127. The number of methoxy groups -OCH3 is 1. The third-order valence-corrected chi connectivity index (χ3v) is 3.20. The van der Waals surface area contributed by atoms with Crippen LogP contribution in [0.5, 0.6) is 5.75 Å². The van der Waals surface area contributed by atoms with Gasteiger partial charge in [0.25, 0.3) is 0 Å². The maximum atomic E-state index is 12.1. The summed E-state index contributed by atoms with van der Waals surface area (Å²) < 4.78 is 51.2. The molecule has 0 spiro atoms. The molecule has 0 aliphatic rings. The number of nitrogens with zero attached hydrogens (tertiary/aromatic N) is 1.